The average Bonchev–Trinajstić information content (AvgIpc) is 3.15. The zero-order chi connectivity index (χ0) is 22.6. The summed E-state index contributed by atoms with van der Waals surface area (Å²) in [6.07, 6.45) is 22.4. The molecule has 1 fully saturated rings. The van der Waals surface area contributed by atoms with E-state index in [1.165, 1.54) is 89.9 Å². The lowest BCUT2D eigenvalue weighted by atomic mass is 10.0. The molecule has 31 heavy (non-hydrogen) atoms. The molecule has 0 aromatic rings. The fourth-order valence-corrected chi connectivity index (χ4v) is 4.14. The second-order valence-electron chi connectivity index (χ2n) is 9.09. The van der Waals surface area contributed by atoms with Crippen LogP contribution in [0.5, 0.6) is 0 Å². The number of hydrogen-bond acceptors (Lipinski definition) is 5. The van der Waals surface area contributed by atoms with Gasteiger partial charge in [-0.15, -0.1) is 0 Å². The second-order valence-corrected chi connectivity index (χ2v) is 9.09. The topological polar surface area (TPSA) is 79.2 Å². The van der Waals surface area contributed by atoms with Gasteiger partial charge in [-0.25, -0.2) is 0 Å². The maximum atomic E-state index is 10.1. The standard InChI is InChI=1S/C26H50O5/c1-2-3-4-5-6-7-8-9-10-11-12-13-14-15-16-17-18-19-20-30-24-22-31-26(25(24)29)23(28)21-27/h6-7,23-29H,2-5,8-22H2,1H3/b7-6+/t23-,24+,25+,26+/m1/s1. The Hall–Kier alpha value is -0.460. The third-order valence-electron chi connectivity index (χ3n) is 6.22. The van der Waals surface area contributed by atoms with Gasteiger partial charge >= 0.3 is 0 Å². The Morgan fingerprint density at radius 3 is 1.90 bits per heavy atom. The van der Waals surface area contributed by atoms with Crippen LogP contribution >= 0.6 is 0 Å². The maximum Gasteiger partial charge on any atom is 0.114 e. The number of ether oxygens (including phenoxy) is 2. The summed E-state index contributed by atoms with van der Waals surface area (Å²) in [6, 6.07) is 0. The van der Waals surface area contributed by atoms with Gasteiger partial charge in [0.05, 0.1) is 13.2 Å². The lowest BCUT2D eigenvalue weighted by molar-refractivity contribution is -0.0730. The molecule has 0 unspecified atom stereocenters. The van der Waals surface area contributed by atoms with Gasteiger partial charge in [0, 0.05) is 6.61 Å². The van der Waals surface area contributed by atoms with E-state index in [1.807, 2.05) is 0 Å². The summed E-state index contributed by atoms with van der Waals surface area (Å²) in [4.78, 5) is 0. The van der Waals surface area contributed by atoms with Crippen LogP contribution in [0.3, 0.4) is 0 Å². The summed E-state index contributed by atoms with van der Waals surface area (Å²) in [6.45, 7) is 2.73. The number of unbranched alkanes of at least 4 members (excludes halogenated alkanes) is 14. The Morgan fingerprint density at radius 1 is 0.839 bits per heavy atom. The molecule has 0 saturated carbocycles. The molecule has 0 aromatic carbocycles. The summed E-state index contributed by atoms with van der Waals surface area (Å²) >= 11 is 0. The number of rotatable bonds is 21. The minimum atomic E-state index is -1.05. The molecule has 1 heterocycles. The van der Waals surface area contributed by atoms with E-state index in [4.69, 9.17) is 14.6 Å². The third-order valence-corrected chi connectivity index (χ3v) is 6.22. The van der Waals surface area contributed by atoms with Crippen molar-refractivity contribution in [3.63, 3.8) is 0 Å². The predicted molar refractivity (Wildman–Crippen MR) is 127 cm³/mol. The molecule has 1 aliphatic heterocycles. The van der Waals surface area contributed by atoms with Crippen molar-refractivity contribution in [1.82, 2.24) is 0 Å². The smallest absolute Gasteiger partial charge is 0.114 e. The predicted octanol–water partition coefficient (Wildman–Crippen LogP) is 5.30. The van der Waals surface area contributed by atoms with Crippen molar-refractivity contribution in [2.45, 2.75) is 134 Å². The highest BCUT2D eigenvalue weighted by Gasteiger charge is 2.40. The number of aliphatic hydroxyl groups excluding tert-OH is 3. The summed E-state index contributed by atoms with van der Waals surface area (Å²) in [5, 5.41) is 28.6. The van der Waals surface area contributed by atoms with Crippen LogP contribution in [0.4, 0.5) is 0 Å². The van der Waals surface area contributed by atoms with Gasteiger partial charge in [0.2, 0.25) is 0 Å². The molecule has 0 amide bonds. The molecule has 0 aromatic heterocycles. The zero-order valence-electron chi connectivity index (χ0n) is 20.1. The molecule has 1 aliphatic rings. The average molecular weight is 443 g/mol. The third kappa shape index (κ3) is 14.3. The Labute approximate surface area is 191 Å². The first-order valence-corrected chi connectivity index (χ1v) is 13.1. The summed E-state index contributed by atoms with van der Waals surface area (Å²) in [7, 11) is 0. The van der Waals surface area contributed by atoms with E-state index >= 15 is 0 Å². The Bertz CT molecular complexity index is 415. The minimum absolute atomic E-state index is 0.276. The van der Waals surface area contributed by atoms with Gasteiger partial charge in [0.25, 0.3) is 0 Å². The molecule has 0 spiro atoms. The largest absolute Gasteiger partial charge is 0.394 e. The van der Waals surface area contributed by atoms with E-state index in [9.17, 15) is 10.2 Å². The van der Waals surface area contributed by atoms with Gasteiger partial charge in [0.15, 0.2) is 0 Å². The molecule has 0 aliphatic carbocycles. The Balaban J connectivity index is 1.78. The first-order valence-electron chi connectivity index (χ1n) is 13.1. The van der Waals surface area contributed by atoms with Crippen LogP contribution in [0.25, 0.3) is 0 Å². The van der Waals surface area contributed by atoms with Gasteiger partial charge in [0.1, 0.15) is 24.4 Å². The molecule has 1 saturated heterocycles. The Morgan fingerprint density at radius 2 is 1.35 bits per heavy atom. The second kappa shape index (κ2) is 20.2. The van der Waals surface area contributed by atoms with Crippen LogP contribution in [-0.2, 0) is 9.47 Å². The molecule has 4 atom stereocenters. The first kappa shape index (κ1) is 28.6. The highest BCUT2D eigenvalue weighted by molar-refractivity contribution is 4.88. The van der Waals surface area contributed by atoms with E-state index in [0.717, 1.165) is 12.8 Å². The molecular formula is C26H50O5. The van der Waals surface area contributed by atoms with Gasteiger partial charge in [-0.3, -0.25) is 0 Å². The Kier molecular flexibility index (Phi) is 18.6. The van der Waals surface area contributed by atoms with Gasteiger partial charge < -0.3 is 24.8 Å². The van der Waals surface area contributed by atoms with Gasteiger partial charge in [-0.1, -0.05) is 89.7 Å². The van der Waals surface area contributed by atoms with Crippen LogP contribution in [-0.4, -0.2) is 59.6 Å². The summed E-state index contributed by atoms with van der Waals surface area (Å²) in [5.41, 5.74) is 0. The SMILES string of the molecule is CCCCC/C=C/CCCCCCCCCCCCCO[C@H]1CO[C@@H]([C@H](O)CO)[C@H]1O. The highest BCUT2D eigenvalue weighted by Crippen LogP contribution is 2.20. The minimum Gasteiger partial charge on any atom is -0.394 e. The molecule has 0 bridgehead atoms. The van der Waals surface area contributed by atoms with Crippen molar-refractivity contribution in [3.05, 3.63) is 12.2 Å². The lowest BCUT2D eigenvalue weighted by Gasteiger charge is -2.20. The number of allylic oxidation sites excluding steroid dienone is 2. The van der Waals surface area contributed by atoms with Crippen molar-refractivity contribution >= 4 is 0 Å². The van der Waals surface area contributed by atoms with E-state index in [-0.39, 0.29) is 6.61 Å². The fraction of sp³-hybridized carbons (Fsp3) is 0.923. The van der Waals surface area contributed by atoms with Crippen molar-refractivity contribution in [2.24, 2.45) is 0 Å². The van der Waals surface area contributed by atoms with E-state index in [1.54, 1.807) is 0 Å². The summed E-state index contributed by atoms with van der Waals surface area (Å²) in [5.74, 6) is 0. The fourth-order valence-electron chi connectivity index (χ4n) is 4.14. The van der Waals surface area contributed by atoms with Crippen LogP contribution in [0.15, 0.2) is 12.2 Å². The van der Waals surface area contributed by atoms with Crippen molar-refractivity contribution < 1.29 is 24.8 Å². The van der Waals surface area contributed by atoms with E-state index in [0.29, 0.717) is 6.61 Å². The van der Waals surface area contributed by atoms with Gasteiger partial charge in [-0.2, -0.15) is 0 Å². The van der Waals surface area contributed by atoms with Crippen molar-refractivity contribution in [2.75, 3.05) is 19.8 Å². The molecule has 1 rings (SSSR count). The van der Waals surface area contributed by atoms with E-state index < -0.39 is 31.0 Å². The lowest BCUT2D eigenvalue weighted by Crippen LogP contribution is -2.41. The zero-order valence-corrected chi connectivity index (χ0v) is 20.1. The van der Waals surface area contributed by atoms with Crippen molar-refractivity contribution in [3.8, 4) is 0 Å². The van der Waals surface area contributed by atoms with Crippen LogP contribution in [0.1, 0.15) is 110 Å². The summed E-state index contributed by atoms with van der Waals surface area (Å²) < 4.78 is 11.0. The first-order chi connectivity index (χ1) is 15.2. The van der Waals surface area contributed by atoms with Crippen LogP contribution in [0, 0.1) is 0 Å². The molecule has 184 valence electrons. The number of aliphatic hydroxyl groups is 3. The normalized spacial score (nSPS) is 22.5. The molecule has 5 nitrogen and oxygen atoms in total. The maximum absolute atomic E-state index is 10.1. The molecular weight excluding hydrogens is 392 g/mol. The van der Waals surface area contributed by atoms with Crippen molar-refractivity contribution in [1.29, 1.82) is 0 Å². The monoisotopic (exact) mass is 442 g/mol. The molecule has 5 heteroatoms. The number of hydrogen-bond donors (Lipinski definition) is 3. The van der Waals surface area contributed by atoms with Crippen LogP contribution in [0.2, 0.25) is 0 Å². The quantitative estimate of drug-likeness (QED) is 0.166. The molecule has 3 N–H and O–H groups in total. The highest BCUT2D eigenvalue weighted by atomic mass is 16.6. The van der Waals surface area contributed by atoms with Crippen LogP contribution < -0.4 is 0 Å². The molecule has 0 radical (unpaired) electrons. The van der Waals surface area contributed by atoms with E-state index in [2.05, 4.69) is 19.1 Å². The van der Waals surface area contributed by atoms with Gasteiger partial charge in [-0.05, 0) is 32.1 Å².